The lowest BCUT2D eigenvalue weighted by atomic mass is 9.88. The van der Waals surface area contributed by atoms with Gasteiger partial charge in [-0.05, 0) is 35.2 Å². The number of likely N-dealkylation sites (N-methyl/N-ethyl adjacent to an activating group) is 1. The highest BCUT2D eigenvalue weighted by atomic mass is 16.5. The van der Waals surface area contributed by atoms with Crippen LogP contribution >= 0.6 is 0 Å². The highest BCUT2D eigenvalue weighted by molar-refractivity contribution is 6.10. The van der Waals surface area contributed by atoms with Crippen LogP contribution in [0, 0.1) is 0 Å². The molecule has 1 aromatic heterocycles. The van der Waals surface area contributed by atoms with E-state index in [1.165, 1.54) is 0 Å². The number of aromatic nitrogens is 2. The van der Waals surface area contributed by atoms with E-state index in [1.807, 2.05) is 55.7 Å². The molecule has 3 aromatic rings. The molecule has 2 amide bonds. The van der Waals surface area contributed by atoms with Crippen LogP contribution in [0.4, 0.5) is 0 Å². The lowest BCUT2D eigenvalue weighted by molar-refractivity contribution is -0.167. The molecule has 7 heteroatoms. The molecule has 2 aliphatic heterocycles. The lowest BCUT2D eigenvalue weighted by Gasteiger charge is -2.46. The van der Waals surface area contributed by atoms with Gasteiger partial charge >= 0.3 is 0 Å². The van der Waals surface area contributed by atoms with E-state index in [9.17, 15) is 9.59 Å². The van der Waals surface area contributed by atoms with Gasteiger partial charge in [0.05, 0.1) is 11.8 Å². The summed E-state index contributed by atoms with van der Waals surface area (Å²) in [6, 6.07) is 12.0. The van der Waals surface area contributed by atoms with Crippen LogP contribution in [0.1, 0.15) is 23.2 Å². The smallest absolute Gasteiger partial charge is 0.254 e. The molecule has 0 radical (unpaired) electrons. The molecule has 0 unspecified atom stereocenters. The molecule has 0 atom stereocenters. The van der Waals surface area contributed by atoms with E-state index in [0.29, 0.717) is 19.6 Å². The van der Waals surface area contributed by atoms with E-state index in [0.717, 1.165) is 40.3 Å². The number of fused-ring (bicyclic) bond motifs is 1. The Bertz CT molecular complexity index is 1160. The van der Waals surface area contributed by atoms with Crippen molar-refractivity contribution in [3.8, 4) is 11.1 Å². The number of rotatable bonds is 2. The number of benzene rings is 2. The highest BCUT2D eigenvalue weighted by Gasteiger charge is 2.42. The third-order valence-electron chi connectivity index (χ3n) is 6.58. The lowest BCUT2D eigenvalue weighted by Crippen LogP contribution is -2.58. The van der Waals surface area contributed by atoms with Crippen LogP contribution in [-0.4, -0.2) is 70.3 Å². The zero-order valence-electron chi connectivity index (χ0n) is 17.9. The Balaban J connectivity index is 1.40. The van der Waals surface area contributed by atoms with E-state index in [2.05, 4.69) is 17.2 Å². The predicted molar refractivity (Wildman–Crippen MR) is 118 cm³/mol. The van der Waals surface area contributed by atoms with Crippen molar-refractivity contribution in [2.24, 2.45) is 7.05 Å². The van der Waals surface area contributed by atoms with Crippen molar-refractivity contribution in [2.75, 3.05) is 33.3 Å². The minimum Gasteiger partial charge on any atom is -0.363 e. The fraction of sp³-hybridized carbons (Fsp3) is 0.375. The SMILES string of the molecule is CN1CC2(CCN(C(=O)c3cccc4c(-c5cnn(C)c5)cccc34)CC2)OCC1=O. The maximum atomic E-state index is 13.5. The molecular weight excluding hydrogens is 392 g/mol. The summed E-state index contributed by atoms with van der Waals surface area (Å²) in [5.74, 6) is 0.0633. The summed E-state index contributed by atoms with van der Waals surface area (Å²) in [7, 11) is 3.72. The number of ether oxygens (including phenoxy) is 1. The summed E-state index contributed by atoms with van der Waals surface area (Å²) in [6.07, 6.45) is 5.31. The largest absolute Gasteiger partial charge is 0.363 e. The van der Waals surface area contributed by atoms with Crippen LogP contribution in [0.2, 0.25) is 0 Å². The number of hydrogen-bond donors (Lipinski definition) is 0. The Labute approximate surface area is 181 Å². The van der Waals surface area contributed by atoms with Crippen molar-refractivity contribution in [3.05, 3.63) is 54.4 Å². The number of nitrogens with zero attached hydrogens (tertiary/aromatic N) is 4. The minimum atomic E-state index is -0.328. The van der Waals surface area contributed by atoms with Crippen LogP contribution in [0.15, 0.2) is 48.8 Å². The molecule has 2 aromatic carbocycles. The van der Waals surface area contributed by atoms with Gasteiger partial charge in [-0.3, -0.25) is 14.3 Å². The van der Waals surface area contributed by atoms with E-state index in [4.69, 9.17) is 4.74 Å². The average Bonchev–Trinajstić information content (AvgIpc) is 3.22. The van der Waals surface area contributed by atoms with Gasteiger partial charge in [0, 0.05) is 51.1 Å². The van der Waals surface area contributed by atoms with E-state index < -0.39 is 0 Å². The molecule has 0 bridgehead atoms. The molecule has 5 rings (SSSR count). The summed E-state index contributed by atoms with van der Waals surface area (Å²) >= 11 is 0. The molecule has 31 heavy (non-hydrogen) atoms. The number of piperidine rings is 1. The van der Waals surface area contributed by atoms with Gasteiger partial charge in [-0.2, -0.15) is 5.10 Å². The highest BCUT2D eigenvalue weighted by Crippen LogP contribution is 2.33. The van der Waals surface area contributed by atoms with E-state index >= 15 is 0 Å². The molecule has 1 spiro atoms. The normalized spacial score (nSPS) is 18.7. The third-order valence-corrected chi connectivity index (χ3v) is 6.58. The zero-order chi connectivity index (χ0) is 21.6. The van der Waals surface area contributed by atoms with Crippen LogP contribution in [0.3, 0.4) is 0 Å². The zero-order valence-corrected chi connectivity index (χ0v) is 17.9. The monoisotopic (exact) mass is 418 g/mol. The molecule has 2 fully saturated rings. The van der Waals surface area contributed by atoms with Crippen molar-refractivity contribution < 1.29 is 14.3 Å². The second-order valence-electron chi connectivity index (χ2n) is 8.62. The number of carbonyl (C=O) groups excluding carboxylic acids is 2. The van der Waals surface area contributed by atoms with Gasteiger partial charge < -0.3 is 14.5 Å². The number of likely N-dealkylation sites (tertiary alicyclic amines) is 1. The number of hydrogen-bond acceptors (Lipinski definition) is 4. The topological polar surface area (TPSA) is 67.7 Å². The molecule has 7 nitrogen and oxygen atoms in total. The van der Waals surface area contributed by atoms with Crippen molar-refractivity contribution >= 4 is 22.6 Å². The molecule has 0 saturated carbocycles. The standard InChI is InChI=1S/C24H26N4O3/c1-26-16-24(31-15-22(26)29)9-11-28(12-10-24)23(30)21-8-4-6-19-18(5-3-7-20(19)21)17-13-25-27(2)14-17/h3-8,13-14H,9-12,15-16H2,1-2H3. The predicted octanol–water partition coefficient (Wildman–Crippen LogP) is 2.70. The van der Waals surface area contributed by atoms with Gasteiger partial charge in [-0.15, -0.1) is 0 Å². The Morgan fingerprint density at radius 3 is 2.52 bits per heavy atom. The van der Waals surface area contributed by atoms with Gasteiger partial charge in [0.15, 0.2) is 0 Å². The van der Waals surface area contributed by atoms with Crippen molar-refractivity contribution in [1.29, 1.82) is 0 Å². The van der Waals surface area contributed by atoms with Gasteiger partial charge in [0.25, 0.3) is 5.91 Å². The summed E-state index contributed by atoms with van der Waals surface area (Å²) in [4.78, 5) is 28.9. The Kier molecular flexibility index (Phi) is 4.78. The third kappa shape index (κ3) is 3.49. The van der Waals surface area contributed by atoms with Gasteiger partial charge in [0.2, 0.25) is 5.91 Å². The van der Waals surface area contributed by atoms with E-state index in [-0.39, 0.29) is 24.0 Å². The van der Waals surface area contributed by atoms with Crippen LogP contribution < -0.4 is 0 Å². The van der Waals surface area contributed by atoms with Crippen LogP contribution in [0.25, 0.3) is 21.9 Å². The maximum absolute atomic E-state index is 13.5. The molecular formula is C24H26N4O3. The summed E-state index contributed by atoms with van der Waals surface area (Å²) < 4.78 is 7.71. The Morgan fingerprint density at radius 2 is 1.81 bits per heavy atom. The fourth-order valence-electron chi connectivity index (χ4n) is 4.79. The van der Waals surface area contributed by atoms with Gasteiger partial charge in [0.1, 0.15) is 6.61 Å². The first-order chi connectivity index (χ1) is 15.0. The number of amides is 2. The second-order valence-corrected chi connectivity index (χ2v) is 8.62. The number of morpholine rings is 1. The Morgan fingerprint density at radius 1 is 1.06 bits per heavy atom. The fourth-order valence-corrected chi connectivity index (χ4v) is 4.79. The van der Waals surface area contributed by atoms with Crippen molar-refractivity contribution in [1.82, 2.24) is 19.6 Å². The molecule has 0 N–H and O–H groups in total. The van der Waals surface area contributed by atoms with Gasteiger partial charge in [-0.25, -0.2) is 0 Å². The first kappa shape index (κ1) is 19.8. The van der Waals surface area contributed by atoms with Crippen molar-refractivity contribution in [3.63, 3.8) is 0 Å². The van der Waals surface area contributed by atoms with Crippen LogP contribution in [-0.2, 0) is 16.6 Å². The van der Waals surface area contributed by atoms with Crippen molar-refractivity contribution in [2.45, 2.75) is 18.4 Å². The summed E-state index contributed by atoms with van der Waals surface area (Å²) in [6.45, 7) is 1.97. The second kappa shape index (κ2) is 7.50. The summed E-state index contributed by atoms with van der Waals surface area (Å²) in [5.41, 5.74) is 2.49. The Hall–Kier alpha value is -3.19. The summed E-state index contributed by atoms with van der Waals surface area (Å²) in [5, 5.41) is 6.29. The minimum absolute atomic E-state index is 0.0179. The molecule has 2 saturated heterocycles. The van der Waals surface area contributed by atoms with Crippen LogP contribution in [0.5, 0.6) is 0 Å². The molecule has 0 aliphatic carbocycles. The average molecular weight is 418 g/mol. The molecule has 2 aliphatic rings. The number of aryl methyl sites for hydroxylation is 1. The van der Waals surface area contributed by atoms with E-state index in [1.54, 1.807) is 9.58 Å². The maximum Gasteiger partial charge on any atom is 0.254 e. The number of carbonyl (C=O) groups is 2. The first-order valence-corrected chi connectivity index (χ1v) is 10.6. The first-order valence-electron chi connectivity index (χ1n) is 10.6. The molecule has 160 valence electrons. The van der Waals surface area contributed by atoms with Gasteiger partial charge in [-0.1, -0.05) is 30.3 Å². The quantitative estimate of drug-likeness (QED) is 0.642. The molecule has 3 heterocycles.